The monoisotopic (exact) mass is 406 g/mol. The van der Waals surface area contributed by atoms with Crippen LogP contribution in [0.2, 0.25) is 0 Å². The van der Waals surface area contributed by atoms with E-state index in [2.05, 4.69) is 66.3 Å². The summed E-state index contributed by atoms with van der Waals surface area (Å²) in [5.74, 6) is 1.27. The molecule has 2 rings (SSSR count). The second-order valence-electron chi connectivity index (χ2n) is 9.18. The number of aromatic nitrogens is 2. The molecule has 30 heavy (non-hydrogen) atoms. The Balaban J connectivity index is 2.11. The van der Waals surface area contributed by atoms with E-state index in [4.69, 9.17) is 0 Å². The second kappa shape index (κ2) is 9.62. The summed E-state index contributed by atoms with van der Waals surface area (Å²) in [4.78, 5) is 9.06. The van der Waals surface area contributed by atoms with Crippen LogP contribution in [-0.4, -0.2) is 22.6 Å². The van der Waals surface area contributed by atoms with Crippen LogP contribution in [0, 0.1) is 37.5 Å². The third-order valence-corrected chi connectivity index (χ3v) is 4.71. The molecule has 0 aliphatic rings. The van der Waals surface area contributed by atoms with Gasteiger partial charge in [-0.1, -0.05) is 27.4 Å². The number of rotatable bonds is 8. The first-order valence-electron chi connectivity index (χ1n) is 10.3. The molecule has 0 spiro atoms. The zero-order valence-electron chi connectivity index (χ0n) is 19.3. The van der Waals surface area contributed by atoms with Gasteiger partial charge < -0.3 is 16.0 Å². The maximum absolute atomic E-state index is 9.53. The van der Waals surface area contributed by atoms with E-state index in [1.54, 1.807) is 6.20 Å². The van der Waals surface area contributed by atoms with Crippen molar-refractivity contribution in [2.24, 2.45) is 5.41 Å². The van der Waals surface area contributed by atoms with Gasteiger partial charge in [0.05, 0.1) is 17.4 Å². The largest absolute Gasteiger partial charge is 0.385 e. The quantitative estimate of drug-likeness (QED) is 0.547. The number of hydrogen-bond acceptors (Lipinski definition) is 6. The number of allylic oxidation sites excluding steroid dienone is 1. The molecule has 160 valence electrons. The van der Waals surface area contributed by atoms with Gasteiger partial charge in [0.1, 0.15) is 11.9 Å². The predicted molar refractivity (Wildman–Crippen MR) is 125 cm³/mol. The maximum Gasteiger partial charge on any atom is 0.150 e. The van der Waals surface area contributed by atoms with Crippen molar-refractivity contribution in [2.75, 3.05) is 17.2 Å². The van der Waals surface area contributed by atoms with Gasteiger partial charge in [-0.3, -0.25) is 4.98 Å². The SMILES string of the molecule is C=C(CC(C)(C)C)N[C@@H](C)CNc1nc(Nc2cnc(C)c(C)c2)c(C#N)cc1C. The lowest BCUT2D eigenvalue weighted by Crippen LogP contribution is -2.33. The molecule has 0 amide bonds. The van der Waals surface area contributed by atoms with E-state index in [0.717, 1.165) is 40.4 Å². The Bertz CT molecular complexity index is 949. The molecule has 0 unspecified atom stereocenters. The Morgan fingerprint density at radius 1 is 1.17 bits per heavy atom. The van der Waals surface area contributed by atoms with Gasteiger partial charge in [0.2, 0.25) is 0 Å². The minimum absolute atomic E-state index is 0.192. The molecule has 2 aromatic heterocycles. The minimum Gasteiger partial charge on any atom is -0.385 e. The lowest BCUT2D eigenvalue weighted by molar-refractivity contribution is 0.393. The average Bonchev–Trinajstić information content (AvgIpc) is 2.63. The molecule has 0 radical (unpaired) electrons. The van der Waals surface area contributed by atoms with Crippen LogP contribution in [0.1, 0.15) is 56.5 Å². The number of aryl methyl sites for hydroxylation is 3. The number of hydrogen-bond donors (Lipinski definition) is 3. The van der Waals surface area contributed by atoms with E-state index in [1.165, 1.54) is 0 Å². The first kappa shape index (κ1) is 23.2. The molecule has 6 heteroatoms. The van der Waals surface area contributed by atoms with Crippen molar-refractivity contribution >= 4 is 17.3 Å². The molecular weight excluding hydrogens is 372 g/mol. The van der Waals surface area contributed by atoms with Crippen molar-refractivity contribution < 1.29 is 0 Å². The van der Waals surface area contributed by atoms with Gasteiger partial charge >= 0.3 is 0 Å². The van der Waals surface area contributed by atoms with Gasteiger partial charge in [-0.25, -0.2) is 4.98 Å². The average molecular weight is 407 g/mol. The smallest absolute Gasteiger partial charge is 0.150 e. The highest BCUT2D eigenvalue weighted by Gasteiger charge is 2.14. The zero-order valence-corrected chi connectivity index (χ0v) is 19.3. The van der Waals surface area contributed by atoms with Gasteiger partial charge in [-0.2, -0.15) is 5.26 Å². The van der Waals surface area contributed by atoms with E-state index in [9.17, 15) is 5.26 Å². The fourth-order valence-electron chi connectivity index (χ4n) is 3.16. The first-order valence-corrected chi connectivity index (χ1v) is 10.3. The fraction of sp³-hybridized carbons (Fsp3) is 0.458. The molecule has 0 aromatic carbocycles. The summed E-state index contributed by atoms with van der Waals surface area (Å²) in [7, 11) is 0. The molecule has 0 aliphatic heterocycles. The van der Waals surface area contributed by atoms with E-state index < -0.39 is 0 Å². The number of nitrogens with one attached hydrogen (secondary N) is 3. The number of pyridine rings is 2. The van der Waals surface area contributed by atoms with Crippen LogP contribution in [0.3, 0.4) is 0 Å². The van der Waals surface area contributed by atoms with Crippen LogP contribution in [0.5, 0.6) is 0 Å². The molecule has 3 N–H and O–H groups in total. The van der Waals surface area contributed by atoms with E-state index in [-0.39, 0.29) is 11.5 Å². The minimum atomic E-state index is 0.192. The lowest BCUT2D eigenvalue weighted by Gasteiger charge is -2.24. The summed E-state index contributed by atoms with van der Waals surface area (Å²) in [5, 5.41) is 19.6. The highest BCUT2D eigenvalue weighted by Crippen LogP contribution is 2.25. The van der Waals surface area contributed by atoms with E-state index in [0.29, 0.717) is 17.9 Å². The van der Waals surface area contributed by atoms with E-state index in [1.807, 2.05) is 32.9 Å². The summed E-state index contributed by atoms with van der Waals surface area (Å²) in [5.41, 5.74) is 5.54. The van der Waals surface area contributed by atoms with Crippen LogP contribution < -0.4 is 16.0 Å². The normalized spacial score (nSPS) is 12.1. The van der Waals surface area contributed by atoms with Gasteiger partial charge in [0.25, 0.3) is 0 Å². The first-order chi connectivity index (χ1) is 14.0. The van der Waals surface area contributed by atoms with Gasteiger partial charge in [-0.15, -0.1) is 0 Å². The zero-order chi connectivity index (χ0) is 22.5. The Hall–Kier alpha value is -3.07. The van der Waals surface area contributed by atoms with Crippen LogP contribution >= 0.6 is 0 Å². The molecule has 2 heterocycles. The van der Waals surface area contributed by atoms with Crippen molar-refractivity contribution in [1.29, 1.82) is 5.26 Å². The Morgan fingerprint density at radius 3 is 2.47 bits per heavy atom. The highest BCUT2D eigenvalue weighted by molar-refractivity contribution is 5.66. The second-order valence-corrected chi connectivity index (χ2v) is 9.18. The topological polar surface area (TPSA) is 85.7 Å². The summed E-state index contributed by atoms with van der Waals surface area (Å²) < 4.78 is 0. The van der Waals surface area contributed by atoms with Crippen LogP contribution in [0.15, 0.2) is 30.6 Å². The van der Waals surface area contributed by atoms with Gasteiger partial charge in [-0.05, 0) is 62.8 Å². The van der Waals surface area contributed by atoms with Crippen LogP contribution in [0.25, 0.3) is 0 Å². The van der Waals surface area contributed by atoms with Crippen molar-refractivity contribution in [2.45, 2.75) is 60.9 Å². The number of nitriles is 1. The molecular formula is C24H34N6. The Labute approximate surface area is 180 Å². The molecule has 2 aromatic rings. The summed E-state index contributed by atoms with van der Waals surface area (Å²) in [6.07, 6.45) is 2.68. The highest BCUT2D eigenvalue weighted by atomic mass is 15.1. The van der Waals surface area contributed by atoms with E-state index >= 15 is 0 Å². The van der Waals surface area contributed by atoms with Crippen LogP contribution in [-0.2, 0) is 0 Å². The molecule has 0 bridgehead atoms. The summed E-state index contributed by atoms with van der Waals surface area (Å²) in [6, 6.07) is 6.27. The van der Waals surface area contributed by atoms with Gasteiger partial charge in [0.15, 0.2) is 5.82 Å². The third kappa shape index (κ3) is 6.77. The van der Waals surface area contributed by atoms with Crippen LogP contribution in [0.4, 0.5) is 17.3 Å². The Morgan fingerprint density at radius 2 is 1.87 bits per heavy atom. The standard InChI is InChI=1S/C24H34N6/c1-15-10-21(14-26-19(15)5)29-23-20(12-25)9-16(2)22(30-23)27-13-18(4)28-17(3)11-24(6,7)8/h9-10,14,18,28H,3,11,13H2,1-2,4-8H3,(H2,27,29,30)/t18-/m0/s1. The molecule has 0 saturated carbocycles. The maximum atomic E-state index is 9.53. The molecule has 6 nitrogen and oxygen atoms in total. The van der Waals surface area contributed by atoms with Crippen molar-refractivity contribution in [3.05, 3.63) is 53.0 Å². The fourth-order valence-corrected chi connectivity index (χ4v) is 3.16. The Kier molecular flexibility index (Phi) is 7.44. The third-order valence-electron chi connectivity index (χ3n) is 4.71. The van der Waals surface area contributed by atoms with Crippen molar-refractivity contribution in [3.63, 3.8) is 0 Å². The predicted octanol–water partition coefficient (Wildman–Crippen LogP) is 5.36. The van der Waals surface area contributed by atoms with Crippen molar-refractivity contribution in [3.8, 4) is 6.07 Å². The lowest BCUT2D eigenvalue weighted by atomic mass is 9.91. The molecule has 0 fully saturated rings. The number of anilines is 3. The molecule has 0 aliphatic carbocycles. The number of nitrogens with zero attached hydrogens (tertiary/aromatic N) is 3. The molecule has 0 saturated heterocycles. The summed E-state index contributed by atoms with van der Waals surface area (Å²) in [6.45, 7) is 19.5. The van der Waals surface area contributed by atoms with Gasteiger partial charge in [0, 0.05) is 24.0 Å². The van der Waals surface area contributed by atoms with Crippen molar-refractivity contribution in [1.82, 2.24) is 15.3 Å². The molecule has 1 atom stereocenters. The summed E-state index contributed by atoms with van der Waals surface area (Å²) >= 11 is 0.